The average Bonchev–Trinajstić information content (AvgIpc) is 3.34. The molecule has 0 unspecified atom stereocenters. The Morgan fingerprint density at radius 2 is 2.07 bits per heavy atom. The van der Waals surface area contributed by atoms with Gasteiger partial charge in [0.1, 0.15) is 0 Å². The van der Waals surface area contributed by atoms with Crippen LogP contribution in [-0.2, 0) is 16.6 Å². The molecule has 1 fully saturated rings. The van der Waals surface area contributed by atoms with Gasteiger partial charge in [0.2, 0.25) is 11.8 Å². The molecule has 1 N–H and O–H groups in total. The number of aromatic nitrogens is 3. The average molecular weight is 395 g/mol. The third-order valence-electron chi connectivity index (χ3n) is 4.93. The summed E-state index contributed by atoms with van der Waals surface area (Å²) in [6.07, 6.45) is 2.12. The molecule has 0 spiro atoms. The fourth-order valence-electron chi connectivity index (χ4n) is 3.50. The minimum absolute atomic E-state index is 0.0275. The van der Waals surface area contributed by atoms with E-state index in [1.165, 1.54) is 11.3 Å². The molecule has 2 aromatic heterocycles. The van der Waals surface area contributed by atoms with Crippen LogP contribution in [0, 0.1) is 19.8 Å². The highest BCUT2D eigenvalue weighted by molar-refractivity contribution is 7.14. The lowest BCUT2D eigenvalue weighted by Gasteiger charge is -2.18. The van der Waals surface area contributed by atoms with Gasteiger partial charge >= 0.3 is 0 Å². The second-order valence-corrected chi connectivity index (χ2v) is 7.88. The number of anilines is 2. The zero-order chi connectivity index (χ0) is 19.8. The Hall–Kier alpha value is -3.00. The lowest BCUT2D eigenvalue weighted by molar-refractivity contribution is -0.122. The molecule has 1 atom stereocenters. The van der Waals surface area contributed by atoms with Gasteiger partial charge in [-0.25, -0.2) is 4.98 Å². The lowest BCUT2D eigenvalue weighted by atomic mass is 10.1. The molecule has 144 valence electrons. The summed E-state index contributed by atoms with van der Waals surface area (Å²) in [6, 6.07) is 7.72. The number of carbonyl (C=O) groups excluding carboxylic acids is 2. The van der Waals surface area contributed by atoms with Crippen molar-refractivity contribution in [2.75, 3.05) is 16.8 Å². The minimum atomic E-state index is -0.389. The van der Waals surface area contributed by atoms with Crippen LogP contribution < -0.4 is 10.2 Å². The predicted octanol–water partition coefficient (Wildman–Crippen LogP) is 3.15. The van der Waals surface area contributed by atoms with Crippen molar-refractivity contribution in [2.45, 2.75) is 20.3 Å². The van der Waals surface area contributed by atoms with Crippen molar-refractivity contribution in [1.82, 2.24) is 14.8 Å². The molecule has 1 aliphatic rings. The quantitative estimate of drug-likeness (QED) is 0.736. The number of amides is 2. The molecule has 3 heterocycles. The van der Waals surface area contributed by atoms with Crippen molar-refractivity contribution in [3.05, 3.63) is 47.1 Å². The fraction of sp³-hybridized carbons (Fsp3) is 0.300. The third-order valence-corrected chi connectivity index (χ3v) is 5.68. The van der Waals surface area contributed by atoms with Crippen LogP contribution in [0.2, 0.25) is 0 Å². The zero-order valence-electron chi connectivity index (χ0n) is 16.0. The molecular formula is C20H21N5O2S. The summed E-state index contributed by atoms with van der Waals surface area (Å²) in [5, 5.41) is 9.63. The first-order valence-electron chi connectivity index (χ1n) is 9.05. The number of benzene rings is 1. The fourth-order valence-corrected chi connectivity index (χ4v) is 4.21. The van der Waals surface area contributed by atoms with Crippen molar-refractivity contribution >= 4 is 34.0 Å². The second-order valence-electron chi connectivity index (χ2n) is 7.02. The van der Waals surface area contributed by atoms with Gasteiger partial charge in [-0.3, -0.25) is 14.3 Å². The Morgan fingerprint density at radius 3 is 2.79 bits per heavy atom. The number of hydrogen-bond acceptors (Lipinski definition) is 5. The van der Waals surface area contributed by atoms with Gasteiger partial charge in [-0.1, -0.05) is 18.2 Å². The SMILES string of the molecule is Cc1ccccc1N1C[C@H](C(=O)Nc2nc(-c3cn(C)nc3C)cs2)CC1=O. The second kappa shape index (κ2) is 7.20. The first-order chi connectivity index (χ1) is 13.4. The number of rotatable bonds is 4. The number of nitrogens with one attached hydrogen (secondary N) is 1. The normalized spacial score (nSPS) is 16.6. The lowest BCUT2D eigenvalue weighted by Crippen LogP contribution is -2.28. The molecule has 0 bridgehead atoms. The summed E-state index contributed by atoms with van der Waals surface area (Å²) >= 11 is 1.37. The van der Waals surface area contributed by atoms with Crippen LogP contribution in [-0.4, -0.2) is 33.1 Å². The van der Waals surface area contributed by atoms with E-state index < -0.39 is 0 Å². The van der Waals surface area contributed by atoms with Crippen LogP contribution in [0.4, 0.5) is 10.8 Å². The summed E-state index contributed by atoms with van der Waals surface area (Å²) in [5.74, 6) is -0.590. The maximum atomic E-state index is 12.7. The number of hydrogen-bond donors (Lipinski definition) is 1. The van der Waals surface area contributed by atoms with E-state index in [1.54, 1.807) is 9.58 Å². The van der Waals surface area contributed by atoms with Crippen molar-refractivity contribution < 1.29 is 9.59 Å². The third kappa shape index (κ3) is 3.43. The maximum Gasteiger partial charge on any atom is 0.231 e. The summed E-state index contributed by atoms with van der Waals surface area (Å²) in [5.41, 5.74) is 4.51. The van der Waals surface area contributed by atoms with E-state index in [-0.39, 0.29) is 24.2 Å². The number of nitrogens with zero attached hydrogens (tertiary/aromatic N) is 4. The minimum Gasteiger partial charge on any atom is -0.311 e. The molecule has 2 amide bonds. The van der Waals surface area contributed by atoms with Crippen LogP contribution in [0.5, 0.6) is 0 Å². The Labute approximate surface area is 167 Å². The van der Waals surface area contributed by atoms with Crippen LogP contribution in [0.25, 0.3) is 11.3 Å². The molecule has 3 aromatic rings. The molecular weight excluding hydrogens is 374 g/mol. The maximum absolute atomic E-state index is 12.7. The highest BCUT2D eigenvalue weighted by atomic mass is 32.1. The largest absolute Gasteiger partial charge is 0.311 e. The van der Waals surface area contributed by atoms with Crippen molar-refractivity contribution in [3.63, 3.8) is 0 Å². The highest BCUT2D eigenvalue weighted by Gasteiger charge is 2.35. The van der Waals surface area contributed by atoms with E-state index in [0.29, 0.717) is 11.7 Å². The summed E-state index contributed by atoms with van der Waals surface area (Å²) in [6.45, 7) is 4.28. The van der Waals surface area contributed by atoms with Crippen LogP contribution in [0.3, 0.4) is 0 Å². The van der Waals surface area contributed by atoms with E-state index in [9.17, 15) is 9.59 Å². The highest BCUT2D eigenvalue weighted by Crippen LogP contribution is 2.30. The van der Waals surface area contributed by atoms with Gasteiger partial charge in [0.25, 0.3) is 0 Å². The van der Waals surface area contributed by atoms with Crippen LogP contribution in [0.15, 0.2) is 35.8 Å². The van der Waals surface area contributed by atoms with Crippen LogP contribution >= 0.6 is 11.3 Å². The number of carbonyl (C=O) groups is 2. The molecule has 0 aliphatic carbocycles. The monoisotopic (exact) mass is 395 g/mol. The molecule has 4 rings (SSSR count). The van der Waals surface area contributed by atoms with E-state index in [0.717, 1.165) is 28.2 Å². The molecule has 1 saturated heterocycles. The molecule has 8 heteroatoms. The molecule has 0 saturated carbocycles. The molecule has 0 radical (unpaired) electrons. The molecule has 1 aliphatic heterocycles. The van der Waals surface area contributed by atoms with Gasteiger partial charge in [0.15, 0.2) is 5.13 Å². The molecule has 28 heavy (non-hydrogen) atoms. The smallest absolute Gasteiger partial charge is 0.231 e. The van der Waals surface area contributed by atoms with E-state index in [1.807, 2.05) is 56.7 Å². The number of para-hydroxylation sites is 1. The van der Waals surface area contributed by atoms with E-state index >= 15 is 0 Å². The van der Waals surface area contributed by atoms with Gasteiger partial charge < -0.3 is 10.2 Å². The zero-order valence-corrected chi connectivity index (χ0v) is 16.8. The predicted molar refractivity (Wildman–Crippen MR) is 109 cm³/mol. The van der Waals surface area contributed by atoms with Crippen molar-refractivity contribution in [3.8, 4) is 11.3 Å². The van der Waals surface area contributed by atoms with E-state index in [2.05, 4.69) is 15.4 Å². The summed E-state index contributed by atoms with van der Waals surface area (Å²) in [4.78, 5) is 31.4. The van der Waals surface area contributed by atoms with Gasteiger partial charge in [-0.15, -0.1) is 11.3 Å². The van der Waals surface area contributed by atoms with E-state index in [4.69, 9.17) is 0 Å². The van der Waals surface area contributed by atoms with Gasteiger partial charge in [0, 0.05) is 42.8 Å². The summed E-state index contributed by atoms with van der Waals surface area (Å²) < 4.78 is 1.74. The summed E-state index contributed by atoms with van der Waals surface area (Å²) in [7, 11) is 1.86. The Balaban J connectivity index is 1.46. The Morgan fingerprint density at radius 1 is 1.29 bits per heavy atom. The molecule has 1 aromatic carbocycles. The first kappa shape index (κ1) is 18.4. The molecule has 7 nitrogen and oxygen atoms in total. The van der Waals surface area contributed by atoms with Gasteiger partial charge in [-0.2, -0.15) is 5.10 Å². The first-order valence-corrected chi connectivity index (χ1v) is 9.93. The van der Waals surface area contributed by atoms with Crippen molar-refractivity contribution in [1.29, 1.82) is 0 Å². The van der Waals surface area contributed by atoms with Crippen molar-refractivity contribution in [2.24, 2.45) is 13.0 Å². The Bertz CT molecular complexity index is 1050. The number of aryl methyl sites for hydroxylation is 3. The van der Waals surface area contributed by atoms with Gasteiger partial charge in [0.05, 0.1) is 17.3 Å². The van der Waals surface area contributed by atoms with Gasteiger partial charge in [-0.05, 0) is 25.5 Å². The Kier molecular flexibility index (Phi) is 4.72. The standard InChI is InChI=1S/C20H21N5O2S/c1-12-6-4-5-7-17(12)25-9-14(8-18(25)26)19(27)22-20-21-16(11-28-20)15-10-24(3)23-13(15)2/h4-7,10-11,14H,8-9H2,1-3H3,(H,21,22,27)/t14-/m1/s1. The topological polar surface area (TPSA) is 80.1 Å². The number of thiazole rings is 1. The van der Waals surface area contributed by atoms with Crippen LogP contribution in [0.1, 0.15) is 17.7 Å².